The van der Waals surface area contributed by atoms with Crippen LogP contribution in [0.3, 0.4) is 0 Å². The summed E-state index contributed by atoms with van der Waals surface area (Å²) in [6.07, 6.45) is 2.98. The minimum atomic E-state index is -3.30. The van der Waals surface area contributed by atoms with Crippen LogP contribution in [0.15, 0.2) is 46.2 Å². The van der Waals surface area contributed by atoms with Crippen molar-refractivity contribution in [3.05, 3.63) is 41.3 Å². The molecule has 0 bridgehead atoms. The lowest BCUT2D eigenvalue weighted by Gasteiger charge is -2.11. The van der Waals surface area contributed by atoms with Gasteiger partial charge in [-0.15, -0.1) is 0 Å². The molecule has 0 amide bonds. The Morgan fingerprint density at radius 1 is 1.22 bits per heavy atom. The van der Waals surface area contributed by atoms with E-state index in [2.05, 4.69) is 6.92 Å². The zero-order valence-electron chi connectivity index (χ0n) is 11.4. The predicted octanol–water partition coefficient (Wildman–Crippen LogP) is 4.19. The molecule has 0 aliphatic carbocycles. The topological polar surface area (TPSA) is 34.1 Å². The normalized spacial score (nSPS) is 13.0. The largest absolute Gasteiger partial charge is 0.219 e. The molecule has 0 N–H and O–H groups in total. The van der Waals surface area contributed by atoms with Crippen LogP contribution in [0.25, 0.3) is 0 Å². The molecule has 2 nitrogen and oxygen atoms in total. The molecule has 0 spiro atoms. The molecule has 0 fully saturated rings. The van der Waals surface area contributed by atoms with Gasteiger partial charge in [-0.2, -0.15) is 0 Å². The number of rotatable bonds is 6. The lowest BCUT2D eigenvalue weighted by atomic mass is 10.00. The highest BCUT2D eigenvalue weighted by Gasteiger charge is 2.13. The van der Waals surface area contributed by atoms with Crippen molar-refractivity contribution in [2.45, 2.75) is 44.9 Å². The third-order valence-electron chi connectivity index (χ3n) is 2.94. The van der Waals surface area contributed by atoms with Crippen LogP contribution in [0.4, 0.5) is 0 Å². The van der Waals surface area contributed by atoms with Crippen molar-refractivity contribution in [1.29, 1.82) is 0 Å². The van der Waals surface area contributed by atoms with E-state index in [4.69, 9.17) is 0 Å². The van der Waals surface area contributed by atoms with Crippen LogP contribution in [0.5, 0.6) is 0 Å². The number of benzene rings is 1. The Bertz CT molecular complexity index is 484. The monoisotopic (exact) mass is 266 g/mol. The summed E-state index contributed by atoms with van der Waals surface area (Å²) in [6.45, 7) is 6.20. The standard InChI is InChI=1S/C15H22O2S/c1-4-5-9-14(13(2)3)12-18(16,17)15-10-7-6-8-11-15/h6-8,10-13H,4-5,9H2,1-3H3/b14-12+. The number of hydrogen-bond acceptors (Lipinski definition) is 2. The van der Waals surface area contributed by atoms with E-state index in [1.807, 2.05) is 19.9 Å². The molecular formula is C15H22O2S. The molecule has 0 heterocycles. The van der Waals surface area contributed by atoms with Gasteiger partial charge in [0.05, 0.1) is 4.90 Å². The van der Waals surface area contributed by atoms with Crippen LogP contribution in [0, 0.1) is 5.92 Å². The lowest BCUT2D eigenvalue weighted by Crippen LogP contribution is -2.02. The van der Waals surface area contributed by atoms with E-state index < -0.39 is 9.84 Å². The Morgan fingerprint density at radius 3 is 2.33 bits per heavy atom. The molecule has 0 saturated heterocycles. The van der Waals surface area contributed by atoms with Gasteiger partial charge < -0.3 is 0 Å². The van der Waals surface area contributed by atoms with E-state index in [1.54, 1.807) is 24.3 Å². The van der Waals surface area contributed by atoms with Crippen molar-refractivity contribution >= 4 is 9.84 Å². The molecule has 0 aliphatic heterocycles. The average molecular weight is 266 g/mol. The van der Waals surface area contributed by atoms with Gasteiger partial charge in [0.1, 0.15) is 0 Å². The van der Waals surface area contributed by atoms with Gasteiger partial charge in [-0.1, -0.05) is 51.0 Å². The first-order valence-electron chi connectivity index (χ1n) is 6.48. The lowest BCUT2D eigenvalue weighted by molar-refractivity contribution is 0.602. The van der Waals surface area contributed by atoms with Crippen molar-refractivity contribution in [2.75, 3.05) is 0 Å². The number of unbranched alkanes of at least 4 members (excludes halogenated alkanes) is 1. The molecule has 1 rings (SSSR count). The zero-order valence-corrected chi connectivity index (χ0v) is 12.2. The Morgan fingerprint density at radius 2 is 1.83 bits per heavy atom. The summed E-state index contributed by atoms with van der Waals surface area (Å²) >= 11 is 0. The average Bonchev–Trinajstić information content (AvgIpc) is 2.35. The van der Waals surface area contributed by atoms with Crippen LogP contribution >= 0.6 is 0 Å². The van der Waals surface area contributed by atoms with Crippen molar-refractivity contribution in [3.8, 4) is 0 Å². The fraction of sp³-hybridized carbons (Fsp3) is 0.467. The van der Waals surface area contributed by atoms with E-state index in [-0.39, 0.29) is 5.92 Å². The molecule has 0 saturated carbocycles. The molecule has 0 atom stereocenters. The maximum atomic E-state index is 12.2. The fourth-order valence-electron chi connectivity index (χ4n) is 1.74. The second-order valence-corrected chi connectivity index (χ2v) is 6.61. The highest BCUT2D eigenvalue weighted by Crippen LogP contribution is 2.21. The Kier molecular flexibility index (Phi) is 5.60. The van der Waals surface area contributed by atoms with E-state index in [1.165, 1.54) is 5.41 Å². The summed E-state index contributed by atoms with van der Waals surface area (Å²) in [5.41, 5.74) is 1.01. The van der Waals surface area contributed by atoms with Gasteiger partial charge in [0.25, 0.3) is 0 Å². The first-order chi connectivity index (χ1) is 8.47. The Balaban J connectivity index is 3.03. The summed E-state index contributed by atoms with van der Waals surface area (Å²) in [6, 6.07) is 8.61. The van der Waals surface area contributed by atoms with Crippen molar-refractivity contribution < 1.29 is 8.42 Å². The quantitative estimate of drug-likeness (QED) is 0.773. The van der Waals surface area contributed by atoms with Crippen LogP contribution < -0.4 is 0 Å². The van der Waals surface area contributed by atoms with Crippen LogP contribution in [0.1, 0.15) is 40.0 Å². The first kappa shape index (κ1) is 15.0. The summed E-state index contributed by atoms with van der Waals surface area (Å²) in [5, 5.41) is 1.46. The Labute approximate surface area is 111 Å². The third kappa shape index (κ3) is 4.30. The van der Waals surface area contributed by atoms with Gasteiger partial charge in [-0.05, 0) is 30.9 Å². The van der Waals surface area contributed by atoms with Gasteiger partial charge in [-0.3, -0.25) is 0 Å². The van der Waals surface area contributed by atoms with Gasteiger partial charge in [0.2, 0.25) is 0 Å². The van der Waals surface area contributed by atoms with Crippen LogP contribution in [0.2, 0.25) is 0 Å². The van der Waals surface area contributed by atoms with E-state index in [9.17, 15) is 8.42 Å². The molecule has 0 unspecified atom stereocenters. The molecule has 0 aromatic heterocycles. The van der Waals surface area contributed by atoms with Crippen LogP contribution in [-0.4, -0.2) is 8.42 Å². The summed E-state index contributed by atoms with van der Waals surface area (Å²) in [7, 11) is -3.30. The highest BCUT2D eigenvalue weighted by molar-refractivity contribution is 7.94. The molecule has 100 valence electrons. The summed E-state index contributed by atoms with van der Waals surface area (Å²) in [4.78, 5) is 0.375. The SMILES string of the molecule is CCCC/C(=C\S(=O)(=O)c1ccccc1)C(C)C. The second-order valence-electron chi connectivity index (χ2n) is 4.81. The molecule has 1 aromatic rings. The zero-order chi connectivity index (χ0) is 13.6. The molecule has 0 aliphatic rings. The van der Waals surface area contributed by atoms with Gasteiger partial charge >= 0.3 is 0 Å². The minimum absolute atomic E-state index is 0.273. The maximum Gasteiger partial charge on any atom is 0.199 e. The highest BCUT2D eigenvalue weighted by atomic mass is 32.2. The van der Waals surface area contributed by atoms with Crippen molar-refractivity contribution in [3.63, 3.8) is 0 Å². The molecule has 1 aromatic carbocycles. The number of allylic oxidation sites excluding steroid dienone is 1. The maximum absolute atomic E-state index is 12.2. The van der Waals surface area contributed by atoms with E-state index >= 15 is 0 Å². The fourth-order valence-corrected chi connectivity index (χ4v) is 3.20. The smallest absolute Gasteiger partial charge is 0.199 e. The summed E-state index contributed by atoms with van der Waals surface area (Å²) < 4.78 is 24.5. The van der Waals surface area contributed by atoms with Gasteiger partial charge in [-0.25, -0.2) is 8.42 Å². The third-order valence-corrected chi connectivity index (χ3v) is 4.48. The van der Waals surface area contributed by atoms with Crippen molar-refractivity contribution in [1.82, 2.24) is 0 Å². The van der Waals surface area contributed by atoms with Crippen molar-refractivity contribution in [2.24, 2.45) is 5.92 Å². The first-order valence-corrected chi connectivity index (χ1v) is 8.02. The minimum Gasteiger partial charge on any atom is -0.219 e. The van der Waals surface area contributed by atoms with Gasteiger partial charge in [0.15, 0.2) is 9.84 Å². The Hall–Kier alpha value is -1.09. The number of sulfone groups is 1. The van der Waals surface area contributed by atoms with E-state index in [0.717, 1.165) is 24.8 Å². The molecule has 3 heteroatoms. The molecule has 0 radical (unpaired) electrons. The van der Waals surface area contributed by atoms with Gasteiger partial charge in [0, 0.05) is 5.41 Å². The summed E-state index contributed by atoms with van der Waals surface area (Å²) in [5.74, 6) is 0.273. The molecular weight excluding hydrogens is 244 g/mol. The molecule has 18 heavy (non-hydrogen) atoms. The predicted molar refractivity (Wildman–Crippen MR) is 76.1 cm³/mol. The number of hydrogen-bond donors (Lipinski definition) is 0. The van der Waals surface area contributed by atoms with Crippen LogP contribution in [-0.2, 0) is 9.84 Å². The van der Waals surface area contributed by atoms with E-state index in [0.29, 0.717) is 4.90 Å². The second kappa shape index (κ2) is 6.74.